The smallest absolute Gasteiger partial charge is 0.271 e. The molecule has 1 fully saturated rings. The Morgan fingerprint density at radius 1 is 1.30 bits per heavy atom. The lowest BCUT2D eigenvalue weighted by Crippen LogP contribution is -2.41. The first-order valence-electron chi connectivity index (χ1n) is 7.36. The second-order valence-corrected chi connectivity index (χ2v) is 7.23. The molecule has 0 saturated carbocycles. The second-order valence-electron chi connectivity index (χ2n) is 5.49. The summed E-state index contributed by atoms with van der Waals surface area (Å²) in [6.07, 6.45) is 0. The highest BCUT2D eigenvalue weighted by molar-refractivity contribution is 7.89. The molecule has 0 spiro atoms. The molecule has 128 valence electrons. The van der Waals surface area contributed by atoms with Crippen molar-refractivity contribution in [3.8, 4) is 0 Å². The van der Waals surface area contributed by atoms with E-state index in [0.717, 1.165) is 19.2 Å². The van der Waals surface area contributed by atoms with Crippen LogP contribution in [0.2, 0.25) is 0 Å². The quantitative estimate of drug-likeness (QED) is 0.606. The summed E-state index contributed by atoms with van der Waals surface area (Å²) in [4.78, 5) is 12.4. The number of hydrogen-bond donors (Lipinski definition) is 1. The Bertz CT molecular complexity index is 684. The monoisotopic (exact) mass is 343 g/mol. The maximum absolute atomic E-state index is 12.4. The molecule has 1 aliphatic rings. The molecule has 1 N–H and O–H groups in total. The first-order chi connectivity index (χ1) is 10.8. The van der Waals surface area contributed by atoms with Gasteiger partial charge in [0.15, 0.2) is 0 Å². The zero-order valence-electron chi connectivity index (χ0n) is 13.2. The van der Waals surface area contributed by atoms with Gasteiger partial charge in [-0.1, -0.05) is 0 Å². The van der Waals surface area contributed by atoms with Gasteiger partial charge in [-0.3, -0.25) is 15.0 Å². The molecule has 0 atom stereocenters. The van der Waals surface area contributed by atoms with Crippen molar-refractivity contribution < 1.29 is 18.1 Å². The number of rotatable bonds is 6. The lowest BCUT2D eigenvalue weighted by molar-refractivity contribution is -0.385. The third-order valence-electron chi connectivity index (χ3n) is 3.93. The lowest BCUT2D eigenvalue weighted by Gasteiger charge is -2.26. The molecule has 8 nitrogen and oxygen atoms in total. The van der Waals surface area contributed by atoms with Crippen molar-refractivity contribution in [1.29, 1.82) is 0 Å². The summed E-state index contributed by atoms with van der Waals surface area (Å²) in [5.41, 5.74) is 0.879. The van der Waals surface area contributed by atoms with Crippen LogP contribution in [0.25, 0.3) is 0 Å². The molecule has 0 amide bonds. The van der Waals surface area contributed by atoms with Crippen molar-refractivity contribution >= 4 is 15.7 Å². The SMILES string of the molecule is Cc1cc([N+](=O)[O-])cc(S(=O)(=O)NCCN2CCOCC2)c1C. The summed E-state index contributed by atoms with van der Waals surface area (Å²) < 4.78 is 32.7. The van der Waals surface area contributed by atoms with Crippen LogP contribution in [0.15, 0.2) is 17.0 Å². The number of aryl methyl sites for hydroxylation is 1. The largest absolute Gasteiger partial charge is 0.379 e. The van der Waals surface area contributed by atoms with Crippen LogP contribution >= 0.6 is 0 Å². The van der Waals surface area contributed by atoms with Crippen molar-refractivity contribution in [3.05, 3.63) is 33.4 Å². The van der Waals surface area contributed by atoms with E-state index in [1.807, 2.05) is 0 Å². The van der Waals surface area contributed by atoms with E-state index in [-0.39, 0.29) is 17.1 Å². The third kappa shape index (κ3) is 4.47. The van der Waals surface area contributed by atoms with Gasteiger partial charge in [-0.15, -0.1) is 0 Å². The molecule has 1 aromatic carbocycles. The van der Waals surface area contributed by atoms with Gasteiger partial charge in [0, 0.05) is 38.3 Å². The van der Waals surface area contributed by atoms with Gasteiger partial charge in [0.2, 0.25) is 10.0 Å². The summed E-state index contributed by atoms with van der Waals surface area (Å²) >= 11 is 0. The number of nitrogens with one attached hydrogen (secondary N) is 1. The summed E-state index contributed by atoms with van der Waals surface area (Å²) in [6, 6.07) is 2.49. The summed E-state index contributed by atoms with van der Waals surface area (Å²) in [5, 5.41) is 10.9. The van der Waals surface area contributed by atoms with E-state index >= 15 is 0 Å². The number of sulfonamides is 1. The second kappa shape index (κ2) is 7.35. The molecule has 1 heterocycles. The van der Waals surface area contributed by atoms with E-state index in [2.05, 4.69) is 9.62 Å². The topological polar surface area (TPSA) is 102 Å². The minimum Gasteiger partial charge on any atom is -0.379 e. The van der Waals surface area contributed by atoms with E-state index in [0.29, 0.717) is 30.9 Å². The first kappa shape index (κ1) is 17.8. The van der Waals surface area contributed by atoms with E-state index in [9.17, 15) is 18.5 Å². The number of nitrogens with zero attached hydrogens (tertiary/aromatic N) is 2. The van der Waals surface area contributed by atoms with Crippen molar-refractivity contribution in [2.75, 3.05) is 39.4 Å². The first-order valence-corrected chi connectivity index (χ1v) is 8.85. The summed E-state index contributed by atoms with van der Waals surface area (Å²) in [7, 11) is -3.78. The van der Waals surface area contributed by atoms with Crippen molar-refractivity contribution in [3.63, 3.8) is 0 Å². The van der Waals surface area contributed by atoms with Gasteiger partial charge in [0.25, 0.3) is 5.69 Å². The van der Waals surface area contributed by atoms with Crippen LogP contribution in [0.1, 0.15) is 11.1 Å². The highest BCUT2D eigenvalue weighted by Crippen LogP contribution is 2.25. The Hall–Kier alpha value is -1.55. The molecule has 2 rings (SSSR count). The van der Waals surface area contributed by atoms with Gasteiger partial charge in [0.05, 0.1) is 23.0 Å². The Morgan fingerprint density at radius 3 is 2.57 bits per heavy atom. The minimum atomic E-state index is -3.78. The number of nitro benzene ring substituents is 1. The van der Waals surface area contributed by atoms with Gasteiger partial charge in [-0.05, 0) is 25.0 Å². The van der Waals surface area contributed by atoms with Crippen LogP contribution in [-0.4, -0.2) is 57.6 Å². The molecule has 9 heteroatoms. The molecule has 1 aromatic rings. The molecule has 0 bridgehead atoms. The normalized spacial score (nSPS) is 16.4. The molecular weight excluding hydrogens is 322 g/mol. The zero-order valence-corrected chi connectivity index (χ0v) is 14.1. The number of benzene rings is 1. The number of non-ortho nitro benzene ring substituents is 1. The van der Waals surface area contributed by atoms with Crippen molar-refractivity contribution in [2.45, 2.75) is 18.7 Å². The summed E-state index contributed by atoms with van der Waals surface area (Å²) in [5.74, 6) is 0. The number of ether oxygens (including phenoxy) is 1. The average molecular weight is 343 g/mol. The standard InChI is InChI=1S/C14H21N3O5S/c1-11-9-13(17(18)19)10-14(12(11)2)23(20,21)15-3-4-16-5-7-22-8-6-16/h9-10,15H,3-8H2,1-2H3. The predicted octanol–water partition coefficient (Wildman–Crippen LogP) is 0.822. The van der Waals surface area contributed by atoms with Crippen LogP contribution in [0, 0.1) is 24.0 Å². The Kier molecular flexibility index (Phi) is 5.69. The molecule has 0 radical (unpaired) electrons. The number of nitro groups is 1. The van der Waals surface area contributed by atoms with Crippen molar-refractivity contribution in [2.24, 2.45) is 0 Å². The maximum Gasteiger partial charge on any atom is 0.271 e. The molecule has 0 aliphatic carbocycles. The molecule has 1 saturated heterocycles. The average Bonchev–Trinajstić information content (AvgIpc) is 2.50. The van der Waals surface area contributed by atoms with E-state index in [1.165, 1.54) is 6.07 Å². The fourth-order valence-corrected chi connectivity index (χ4v) is 3.79. The fourth-order valence-electron chi connectivity index (χ4n) is 2.43. The third-order valence-corrected chi connectivity index (χ3v) is 5.52. The van der Waals surface area contributed by atoms with Gasteiger partial charge < -0.3 is 4.74 Å². The molecular formula is C14H21N3O5S. The van der Waals surface area contributed by atoms with Crippen LogP contribution in [0.4, 0.5) is 5.69 Å². The minimum absolute atomic E-state index is 0.0359. The summed E-state index contributed by atoms with van der Waals surface area (Å²) in [6.45, 7) is 6.99. The molecule has 23 heavy (non-hydrogen) atoms. The highest BCUT2D eigenvalue weighted by Gasteiger charge is 2.22. The van der Waals surface area contributed by atoms with Crippen molar-refractivity contribution in [1.82, 2.24) is 9.62 Å². The number of morpholine rings is 1. The lowest BCUT2D eigenvalue weighted by atomic mass is 10.1. The van der Waals surface area contributed by atoms with Gasteiger partial charge >= 0.3 is 0 Å². The van der Waals surface area contributed by atoms with Crippen LogP contribution < -0.4 is 4.72 Å². The van der Waals surface area contributed by atoms with E-state index < -0.39 is 14.9 Å². The number of hydrogen-bond acceptors (Lipinski definition) is 6. The predicted molar refractivity (Wildman–Crippen MR) is 85.0 cm³/mol. The maximum atomic E-state index is 12.4. The Labute approximate surface area is 135 Å². The van der Waals surface area contributed by atoms with Crippen LogP contribution in [0.5, 0.6) is 0 Å². The fraction of sp³-hybridized carbons (Fsp3) is 0.571. The van der Waals surface area contributed by atoms with Crippen LogP contribution in [-0.2, 0) is 14.8 Å². The highest BCUT2D eigenvalue weighted by atomic mass is 32.2. The van der Waals surface area contributed by atoms with Crippen LogP contribution in [0.3, 0.4) is 0 Å². The van der Waals surface area contributed by atoms with Gasteiger partial charge in [0.1, 0.15) is 0 Å². The van der Waals surface area contributed by atoms with Gasteiger partial charge in [-0.25, -0.2) is 13.1 Å². The van der Waals surface area contributed by atoms with E-state index in [4.69, 9.17) is 4.74 Å². The molecule has 0 aromatic heterocycles. The Balaban J connectivity index is 2.10. The van der Waals surface area contributed by atoms with Gasteiger partial charge in [-0.2, -0.15) is 0 Å². The Morgan fingerprint density at radius 2 is 1.96 bits per heavy atom. The zero-order chi connectivity index (χ0) is 17.0. The molecule has 1 aliphatic heterocycles. The van der Waals surface area contributed by atoms with E-state index in [1.54, 1.807) is 13.8 Å². The molecule has 0 unspecified atom stereocenters.